The summed E-state index contributed by atoms with van der Waals surface area (Å²) in [7, 11) is 0. The van der Waals surface area contributed by atoms with Crippen molar-refractivity contribution in [1.29, 1.82) is 0 Å². The van der Waals surface area contributed by atoms with Gasteiger partial charge in [-0.05, 0) is 22.3 Å². The number of hydrogen-bond donors (Lipinski definition) is 1. The first-order chi connectivity index (χ1) is 20.2. The number of rotatable bonds is 13. The third-order valence-electron chi connectivity index (χ3n) is 7.29. The zero-order valence-electron chi connectivity index (χ0n) is 23.0. The second kappa shape index (κ2) is 14.8. The summed E-state index contributed by atoms with van der Waals surface area (Å²) in [6.07, 6.45) is -3.77. The van der Waals surface area contributed by atoms with Gasteiger partial charge in [-0.2, -0.15) is 0 Å². The van der Waals surface area contributed by atoms with Gasteiger partial charge in [-0.15, -0.1) is 0 Å². The van der Waals surface area contributed by atoms with Crippen molar-refractivity contribution in [1.82, 2.24) is 0 Å². The van der Waals surface area contributed by atoms with Crippen LogP contribution in [0.5, 0.6) is 0 Å². The maximum Gasteiger partial charge on any atom is 0.193 e. The molecule has 0 spiro atoms. The Hall–Kier alpha value is -3.65. The van der Waals surface area contributed by atoms with Crippen LogP contribution in [0.25, 0.3) is 0 Å². The SMILES string of the molecule is O=C1C(O)C(COCc2ccccc2)C(OCc2ccccc2)C(OCc2ccccc2)C1OCc1ccccc1. The summed E-state index contributed by atoms with van der Waals surface area (Å²) >= 11 is 0. The minimum Gasteiger partial charge on any atom is -0.385 e. The topological polar surface area (TPSA) is 74.2 Å². The summed E-state index contributed by atoms with van der Waals surface area (Å²) in [6.45, 7) is 1.24. The van der Waals surface area contributed by atoms with Crippen molar-refractivity contribution in [2.24, 2.45) is 5.92 Å². The Morgan fingerprint density at radius 2 is 0.902 bits per heavy atom. The van der Waals surface area contributed by atoms with E-state index in [2.05, 4.69) is 0 Å². The first-order valence-electron chi connectivity index (χ1n) is 14.0. The second-order valence-electron chi connectivity index (χ2n) is 10.3. The average molecular weight is 553 g/mol. The van der Waals surface area contributed by atoms with Crippen LogP contribution in [0.2, 0.25) is 0 Å². The number of carbonyl (C=O) groups is 1. The standard InChI is InChI=1S/C35H36O6/c36-31-30(25-38-21-26-13-5-1-6-14-26)33(39-22-27-15-7-2-8-16-27)35(41-24-29-19-11-4-12-20-29)34(32(31)37)40-23-28-17-9-3-10-18-28/h1-20,30-31,33-36H,21-25H2. The van der Waals surface area contributed by atoms with Gasteiger partial charge in [0, 0.05) is 5.92 Å². The molecule has 0 aromatic heterocycles. The van der Waals surface area contributed by atoms with Gasteiger partial charge in [0.1, 0.15) is 18.3 Å². The van der Waals surface area contributed by atoms with E-state index in [0.717, 1.165) is 22.3 Å². The molecule has 0 radical (unpaired) electrons. The van der Waals surface area contributed by atoms with Crippen LogP contribution >= 0.6 is 0 Å². The van der Waals surface area contributed by atoms with E-state index in [1.165, 1.54) is 0 Å². The molecule has 5 rings (SSSR count). The molecule has 0 bridgehead atoms. The molecular formula is C35H36O6. The lowest BCUT2D eigenvalue weighted by Crippen LogP contribution is -2.62. The van der Waals surface area contributed by atoms with E-state index in [4.69, 9.17) is 18.9 Å². The highest BCUT2D eigenvalue weighted by Gasteiger charge is 2.52. The van der Waals surface area contributed by atoms with Gasteiger partial charge in [-0.25, -0.2) is 0 Å². The number of aliphatic hydroxyl groups excluding tert-OH is 1. The molecule has 0 saturated heterocycles. The lowest BCUT2D eigenvalue weighted by molar-refractivity contribution is -0.214. The van der Waals surface area contributed by atoms with Crippen LogP contribution in [-0.2, 0) is 50.2 Å². The Morgan fingerprint density at radius 1 is 0.512 bits per heavy atom. The minimum atomic E-state index is -1.33. The molecule has 1 aliphatic carbocycles. The molecule has 1 saturated carbocycles. The molecule has 4 aromatic rings. The molecule has 6 heteroatoms. The van der Waals surface area contributed by atoms with E-state index in [1.54, 1.807) is 0 Å². The Bertz CT molecular complexity index is 1320. The average Bonchev–Trinajstić information content (AvgIpc) is 3.03. The van der Waals surface area contributed by atoms with Crippen LogP contribution in [0.4, 0.5) is 0 Å². The highest BCUT2D eigenvalue weighted by atomic mass is 16.6. The van der Waals surface area contributed by atoms with Crippen LogP contribution in [0.1, 0.15) is 22.3 Å². The number of benzene rings is 4. The summed E-state index contributed by atoms with van der Waals surface area (Å²) < 4.78 is 25.2. The highest BCUT2D eigenvalue weighted by Crippen LogP contribution is 2.32. The fraction of sp³-hybridized carbons (Fsp3) is 0.286. The summed E-state index contributed by atoms with van der Waals surface area (Å²) in [5, 5.41) is 11.3. The fourth-order valence-corrected chi connectivity index (χ4v) is 5.08. The Balaban J connectivity index is 1.40. The van der Waals surface area contributed by atoms with Crippen molar-refractivity contribution in [3.63, 3.8) is 0 Å². The normalized spacial score (nSPS) is 22.5. The molecule has 5 atom stereocenters. The second-order valence-corrected chi connectivity index (χ2v) is 10.3. The first-order valence-corrected chi connectivity index (χ1v) is 14.0. The zero-order chi connectivity index (χ0) is 28.3. The zero-order valence-corrected chi connectivity index (χ0v) is 23.0. The van der Waals surface area contributed by atoms with Gasteiger partial charge in [-0.3, -0.25) is 4.79 Å². The number of Topliss-reactive ketones (excluding diaryl/α,β-unsaturated/α-hetero) is 1. The van der Waals surface area contributed by atoms with Gasteiger partial charge < -0.3 is 24.1 Å². The third-order valence-corrected chi connectivity index (χ3v) is 7.29. The number of ether oxygens (including phenoxy) is 4. The summed E-state index contributed by atoms with van der Waals surface area (Å²) in [5.41, 5.74) is 3.87. The molecule has 5 unspecified atom stereocenters. The van der Waals surface area contributed by atoms with Gasteiger partial charge in [-0.1, -0.05) is 121 Å². The maximum atomic E-state index is 13.7. The summed E-state index contributed by atoms with van der Waals surface area (Å²) in [4.78, 5) is 13.7. The van der Waals surface area contributed by atoms with E-state index >= 15 is 0 Å². The molecule has 212 valence electrons. The van der Waals surface area contributed by atoms with E-state index < -0.39 is 36.1 Å². The van der Waals surface area contributed by atoms with Crippen LogP contribution in [-0.4, -0.2) is 41.9 Å². The van der Waals surface area contributed by atoms with E-state index in [-0.39, 0.29) is 26.4 Å². The van der Waals surface area contributed by atoms with Gasteiger partial charge >= 0.3 is 0 Å². The number of hydrogen-bond acceptors (Lipinski definition) is 6. The van der Waals surface area contributed by atoms with Gasteiger partial charge in [0.25, 0.3) is 0 Å². The van der Waals surface area contributed by atoms with Crippen molar-refractivity contribution >= 4 is 5.78 Å². The van der Waals surface area contributed by atoms with E-state index in [9.17, 15) is 9.90 Å². The van der Waals surface area contributed by atoms with Crippen molar-refractivity contribution in [3.05, 3.63) is 144 Å². The maximum absolute atomic E-state index is 13.7. The van der Waals surface area contributed by atoms with Crippen LogP contribution in [0, 0.1) is 5.92 Å². The van der Waals surface area contributed by atoms with Crippen LogP contribution < -0.4 is 0 Å². The molecule has 1 N–H and O–H groups in total. The van der Waals surface area contributed by atoms with E-state index in [1.807, 2.05) is 121 Å². The van der Waals surface area contributed by atoms with Crippen molar-refractivity contribution in [2.45, 2.75) is 50.8 Å². The van der Waals surface area contributed by atoms with Gasteiger partial charge in [0.2, 0.25) is 0 Å². The summed E-state index contributed by atoms with van der Waals surface area (Å²) in [5.74, 6) is -1.07. The van der Waals surface area contributed by atoms with Crippen LogP contribution in [0.15, 0.2) is 121 Å². The third kappa shape index (κ3) is 7.97. The quantitative estimate of drug-likeness (QED) is 0.236. The molecule has 6 nitrogen and oxygen atoms in total. The number of carbonyl (C=O) groups excluding carboxylic acids is 1. The Morgan fingerprint density at radius 3 is 1.37 bits per heavy atom. The number of ketones is 1. The molecule has 0 heterocycles. The summed E-state index contributed by atoms with van der Waals surface area (Å²) in [6, 6.07) is 39.0. The molecule has 1 fully saturated rings. The molecule has 0 amide bonds. The molecule has 1 aliphatic rings. The minimum absolute atomic E-state index is 0.123. The Labute approximate surface area is 241 Å². The fourth-order valence-electron chi connectivity index (χ4n) is 5.08. The van der Waals surface area contributed by atoms with Gasteiger partial charge in [0.15, 0.2) is 5.78 Å². The van der Waals surface area contributed by atoms with Gasteiger partial charge in [0.05, 0.1) is 39.1 Å². The van der Waals surface area contributed by atoms with Crippen LogP contribution in [0.3, 0.4) is 0 Å². The monoisotopic (exact) mass is 552 g/mol. The predicted molar refractivity (Wildman–Crippen MR) is 156 cm³/mol. The first kappa shape index (κ1) is 28.9. The smallest absolute Gasteiger partial charge is 0.193 e. The number of aliphatic hydroxyl groups is 1. The highest BCUT2D eigenvalue weighted by molar-refractivity contribution is 5.89. The lowest BCUT2D eigenvalue weighted by Gasteiger charge is -2.43. The van der Waals surface area contributed by atoms with Crippen molar-refractivity contribution in [2.75, 3.05) is 6.61 Å². The van der Waals surface area contributed by atoms with E-state index in [0.29, 0.717) is 6.61 Å². The molecule has 41 heavy (non-hydrogen) atoms. The lowest BCUT2D eigenvalue weighted by atomic mass is 9.79. The molecule has 4 aromatic carbocycles. The molecular weight excluding hydrogens is 516 g/mol. The predicted octanol–water partition coefficient (Wildman–Crippen LogP) is 5.52. The van der Waals surface area contributed by atoms with Crippen molar-refractivity contribution in [3.8, 4) is 0 Å². The van der Waals surface area contributed by atoms with Crippen molar-refractivity contribution < 1.29 is 28.8 Å². The Kier molecular flexibility index (Phi) is 10.4. The molecule has 0 aliphatic heterocycles. The largest absolute Gasteiger partial charge is 0.385 e.